The maximum atomic E-state index is 9.94. The summed E-state index contributed by atoms with van der Waals surface area (Å²) in [5, 5.41) is 15.8. The zero-order chi connectivity index (χ0) is 10.1. The summed E-state index contributed by atoms with van der Waals surface area (Å²) >= 11 is 0. The van der Waals surface area contributed by atoms with Gasteiger partial charge in [0.1, 0.15) is 0 Å². The summed E-state index contributed by atoms with van der Waals surface area (Å²) in [6.45, 7) is 5.87. The summed E-state index contributed by atoms with van der Waals surface area (Å²) in [5.41, 5.74) is 0. The zero-order valence-electron chi connectivity index (χ0n) is 6.61. The Bertz CT molecular complexity index is 194. The molecular weight excluding hydrogens is 164 g/mol. The molecule has 0 saturated heterocycles. The third kappa shape index (κ3) is 11.1. The number of aliphatic hydroxyl groups is 1. The van der Waals surface area contributed by atoms with E-state index in [1.807, 2.05) is 0 Å². The minimum Gasteiger partial charge on any atom is -0.502 e. The highest BCUT2D eigenvalue weighted by Crippen LogP contribution is 1.82. The van der Waals surface area contributed by atoms with Crippen LogP contribution < -0.4 is 0 Å². The van der Waals surface area contributed by atoms with Crippen molar-refractivity contribution in [2.24, 2.45) is 0 Å². The molecule has 68 valence electrons. The van der Waals surface area contributed by atoms with Crippen LogP contribution in [0.3, 0.4) is 0 Å². The second-order valence-corrected chi connectivity index (χ2v) is 1.48. The van der Waals surface area contributed by atoms with Gasteiger partial charge in [0.25, 0.3) is 0 Å². The van der Waals surface area contributed by atoms with E-state index in [4.69, 9.17) is 10.2 Å². The third-order valence-electron chi connectivity index (χ3n) is 0.596. The fourth-order valence-corrected chi connectivity index (χ4v) is 0.118. The molecule has 0 aromatic heterocycles. The van der Waals surface area contributed by atoms with Crippen LogP contribution in [0.2, 0.25) is 0 Å². The fourth-order valence-electron chi connectivity index (χ4n) is 0.118. The van der Waals surface area contributed by atoms with Crippen LogP contribution in [-0.4, -0.2) is 29.3 Å². The number of aliphatic carboxylic acids is 1. The molecule has 0 saturated carbocycles. The molecule has 0 atom stereocenters. The van der Waals surface area contributed by atoms with Gasteiger partial charge in [0.05, 0.1) is 7.11 Å². The number of aliphatic hydroxyl groups excluding tert-OH is 1. The van der Waals surface area contributed by atoms with Gasteiger partial charge in [-0.05, 0) is 6.58 Å². The van der Waals surface area contributed by atoms with Crippen molar-refractivity contribution >= 4 is 11.9 Å². The number of hydrogen-bond donors (Lipinski definition) is 2. The summed E-state index contributed by atoms with van der Waals surface area (Å²) in [4.78, 5) is 19.2. The second kappa shape index (κ2) is 7.33. The summed E-state index contributed by atoms with van der Waals surface area (Å²) in [6, 6.07) is 0. The molecule has 2 N–H and O–H groups in total. The van der Waals surface area contributed by atoms with Crippen LogP contribution in [0, 0.1) is 0 Å². The first-order valence-corrected chi connectivity index (χ1v) is 2.77. The van der Waals surface area contributed by atoms with E-state index in [9.17, 15) is 9.59 Å². The normalized spacial score (nSPS) is 7.08. The highest BCUT2D eigenvalue weighted by Gasteiger charge is 1.99. The number of carboxylic acid groups (broad SMARTS) is 1. The molecule has 0 rings (SSSR count). The van der Waals surface area contributed by atoms with Crippen molar-refractivity contribution in [3.63, 3.8) is 0 Å². The minimum atomic E-state index is -0.981. The SMILES string of the molecule is C=C(O)C(=O)OC.C=CC(=O)O. The molecule has 0 aliphatic rings. The Morgan fingerprint density at radius 1 is 1.42 bits per heavy atom. The number of esters is 1. The van der Waals surface area contributed by atoms with Crippen molar-refractivity contribution < 1.29 is 24.5 Å². The predicted octanol–water partition coefficient (Wildman–Crippen LogP) is 0.488. The lowest BCUT2D eigenvalue weighted by Crippen LogP contribution is -2.01. The van der Waals surface area contributed by atoms with Gasteiger partial charge < -0.3 is 14.9 Å². The van der Waals surface area contributed by atoms with Crippen molar-refractivity contribution in [3.8, 4) is 0 Å². The molecule has 0 radical (unpaired) electrons. The van der Waals surface area contributed by atoms with Gasteiger partial charge in [-0.3, -0.25) is 0 Å². The number of rotatable bonds is 2. The van der Waals surface area contributed by atoms with Gasteiger partial charge in [-0.2, -0.15) is 0 Å². The predicted molar refractivity (Wildman–Crippen MR) is 41.6 cm³/mol. The lowest BCUT2D eigenvalue weighted by Gasteiger charge is -1.90. The van der Waals surface area contributed by atoms with Gasteiger partial charge in [0.2, 0.25) is 0 Å². The molecule has 0 fully saturated rings. The highest BCUT2D eigenvalue weighted by atomic mass is 16.5. The van der Waals surface area contributed by atoms with Gasteiger partial charge in [-0.1, -0.05) is 6.58 Å². The van der Waals surface area contributed by atoms with E-state index in [0.717, 1.165) is 6.08 Å². The van der Waals surface area contributed by atoms with Crippen molar-refractivity contribution in [3.05, 3.63) is 25.0 Å². The molecule has 0 aromatic rings. The fraction of sp³-hybridized carbons (Fsp3) is 0.143. The van der Waals surface area contributed by atoms with E-state index in [2.05, 4.69) is 17.9 Å². The molecule has 0 heterocycles. The molecule has 0 unspecified atom stereocenters. The van der Waals surface area contributed by atoms with Crippen LogP contribution in [0.4, 0.5) is 0 Å². The number of methoxy groups -OCH3 is 1. The van der Waals surface area contributed by atoms with Crippen LogP contribution in [0.5, 0.6) is 0 Å². The standard InChI is InChI=1S/C4H6O3.C3H4O2/c1-3(5)4(6)7-2;1-2-3(4)5/h5H,1H2,2H3;2H,1H2,(H,4,5). The molecule has 0 aliphatic carbocycles. The van der Waals surface area contributed by atoms with Crippen molar-refractivity contribution in [2.45, 2.75) is 0 Å². The van der Waals surface area contributed by atoms with Crippen LogP contribution in [0.15, 0.2) is 25.0 Å². The number of carbonyl (C=O) groups is 2. The molecule has 5 heteroatoms. The Labute approximate surface area is 69.6 Å². The molecule has 5 nitrogen and oxygen atoms in total. The number of hydrogen-bond acceptors (Lipinski definition) is 4. The smallest absolute Gasteiger partial charge is 0.372 e. The summed E-state index contributed by atoms with van der Waals surface area (Å²) in [5.74, 6) is -2.34. The number of ether oxygens (including phenoxy) is 1. The minimum absolute atomic E-state index is 0.567. The Balaban J connectivity index is 0. The molecule has 0 aliphatic heterocycles. The summed E-state index contributed by atoms with van der Waals surface area (Å²) in [6.07, 6.45) is 0.833. The van der Waals surface area contributed by atoms with Gasteiger partial charge in [0.15, 0.2) is 5.76 Å². The van der Waals surface area contributed by atoms with E-state index in [0.29, 0.717) is 0 Å². The van der Waals surface area contributed by atoms with E-state index < -0.39 is 17.7 Å². The van der Waals surface area contributed by atoms with E-state index in [1.165, 1.54) is 7.11 Å². The second-order valence-electron chi connectivity index (χ2n) is 1.48. The van der Waals surface area contributed by atoms with E-state index in [-0.39, 0.29) is 0 Å². The van der Waals surface area contributed by atoms with Gasteiger partial charge >= 0.3 is 11.9 Å². The van der Waals surface area contributed by atoms with Gasteiger partial charge in [-0.25, -0.2) is 9.59 Å². The zero-order valence-corrected chi connectivity index (χ0v) is 6.61. The first-order chi connectivity index (χ1) is 5.45. The lowest BCUT2D eigenvalue weighted by atomic mass is 10.6. The first kappa shape index (κ1) is 12.9. The van der Waals surface area contributed by atoms with Crippen LogP contribution in [0.25, 0.3) is 0 Å². The number of carbonyl (C=O) groups excluding carboxylic acids is 1. The van der Waals surface area contributed by atoms with Crippen molar-refractivity contribution in [1.29, 1.82) is 0 Å². The highest BCUT2D eigenvalue weighted by molar-refractivity contribution is 5.84. The summed E-state index contributed by atoms with van der Waals surface area (Å²) in [7, 11) is 1.17. The maximum absolute atomic E-state index is 9.94. The molecule has 0 amide bonds. The van der Waals surface area contributed by atoms with Crippen molar-refractivity contribution in [1.82, 2.24) is 0 Å². The largest absolute Gasteiger partial charge is 0.502 e. The number of carboxylic acids is 1. The average Bonchev–Trinajstić information content (AvgIpc) is 2.04. The van der Waals surface area contributed by atoms with Gasteiger partial charge in [-0.15, -0.1) is 0 Å². The Hall–Kier alpha value is -1.78. The molecular formula is C7H10O5. The molecule has 0 bridgehead atoms. The Morgan fingerprint density at radius 2 is 1.75 bits per heavy atom. The Morgan fingerprint density at radius 3 is 1.75 bits per heavy atom. The maximum Gasteiger partial charge on any atom is 0.372 e. The average molecular weight is 174 g/mol. The summed E-state index contributed by atoms with van der Waals surface area (Å²) < 4.78 is 4.02. The van der Waals surface area contributed by atoms with E-state index in [1.54, 1.807) is 0 Å². The topological polar surface area (TPSA) is 83.8 Å². The Kier molecular flexibility index (Phi) is 7.85. The van der Waals surface area contributed by atoms with Crippen molar-refractivity contribution in [2.75, 3.05) is 7.11 Å². The quantitative estimate of drug-likeness (QED) is 0.361. The molecule has 12 heavy (non-hydrogen) atoms. The monoisotopic (exact) mass is 174 g/mol. The van der Waals surface area contributed by atoms with Gasteiger partial charge in [0, 0.05) is 6.08 Å². The van der Waals surface area contributed by atoms with Crippen LogP contribution >= 0.6 is 0 Å². The molecule has 0 aromatic carbocycles. The van der Waals surface area contributed by atoms with Crippen LogP contribution in [0.1, 0.15) is 0 Å². The first-order valence-electron chi connectivity index (χ1n) is 2.77. The third-order valence-corrected chi connectivity index (χ3v) is 0.596. The van der Waals surface area contributed by atoms with Crippen LogP contribution in [-0.2, 0) is 14.3 Å². The lowest BCUT2D eigenvalue weighted by molar-refractivity contribution is -0.139. The van der Waals surface area contributed by atoms with E-state index >= 15 is 0 Å². The molecule has 0 spiro atoms.